The van der Waals surface area contributed by atoms with Gasteiger partial charge in [-0.3, -0.25) is 4.90 Å². The summed E-state index contributed by atoms with van der Waals surface area (Å²) in [5, 5.41) is 14.5. The summed E-state index contributed by atoms with van der Waals surface area (Å²) in [6.45, 7) is 9.69. The van der Waals surface area contributed by atoms with Gasteiger partial charge in [-0.2, -0.15) is 0 Å². The molecule has 4 aliphatic carbocycles. The smallest absolute Gasteiger partial charge is 0.0698 e. The van der Waals surface area contributed by atoms with Crippen molar-refractivity contribution in [2.75, 3.05) is 26.2 Å². The lowest BCUT2D eigenvalue weighted by Gasteiger charge is -2.62. The zero-order chi connectivity index (χ0) is 17.9. The predicted molar refractivity (Wildman–Crippen MR) is 106 cm³/mol. The van der Waals surface area contributed by atoms with Crippen LogP contribution in [0.15, 0.2) is 0 Å². The van der Waals surface area contributed by atoms with E-state index in [1.165, 1.54) is 51.4 Å². The first-order valence-electron chi connectivity index (χ1n) is 11.6. The van der Waals surface area contributed by atoms with Gasteiger partial charge in [0.25, 0.3) is 0 Å². The molecule has 1 heterocycles. The Bertz CT molecular complexity index is 532. The molecule has 1 saturated heterocycles. The molecule has 3 nitrogen and oxygen atoms in total. The molecule has 8 atom stereocenters. The van der Waals surface area contributed by atoms with Crippen LogP contribution in [0.3, 0.4) is 0 Å². The van der Waals surface area contributed by atoms with Crippen LogP contribution in [-0.2, 0) is 0 Å². The lowest BCUT2D eigenvalue weighted by Crippen LogP contribution is -2.61. The van der Waals surface area contributed by atoms with Crippen LogP contribution in [0.2, 0.25) is 0 Å². The molecule has 1 aliphatic heterocycles. The molecule has 0 amide bonds. The molecular formula is C23H40N2O. The number of aliphatic hydroxyl groups is 1. The van der Waals surface area contributed by atoms with Crippen molar-refractivity contribution in [3.63, 3.8) is 0 Å². The van der Waals surface area contributed by atoms with Gasteiger partial charge in [-0.25, -0.2) is 0 Å². The summed E-state index contributed by atoms with van der Waals surface area (Å²) < 4.78 is 0. The highest BCUT2D eigenvalue weighted by atomic mass is 16.3. The summed E-state index contributed by atoms with van der Waals surface area (Å²) in [6.07, 6.45) is 12.5. The van der Waals surface area contributed by atoms with Gasteiger partial charge in [-0.1, -0.05) is 20.3 Å². The van der Waals surface area contributed by atoms with Crippen LogP contribution < -0.4 is 5.32 Å². The van der Waals surface area contributed by atoms with Crippen LogP contribution in [0.5, 0.6) is 0 Å². The van der Waals surface area contributed by atoms with E-state index in [1.807, 2.05) is 0 Å². The molecule has 5 fully saturated rings. The second-order valence-corrected chi connectivity index (χ2v) is 11.1. The molecule has 0 radical (unpaired) electrons. The fraction of sp³-hybridized carbons (Fsp3) is 1.00. The number of hydrogen-bond acceptors (Lipinski definition) is 3. The molecule has 26 heavy (non-hydrogen) atoms. The van der Waals surface area contributed by atoms with Crippen molar-refractivity contribution in [1.29, 1.82) is 0 Å². The van der Waals surface area contributed by atoms with E-state index in [0.29, 0.717) is 16.9 Å². The SMILES string of the molecule is C[C@@]12CCCC1C1CC[C@H]3C[C@H](O)[C@@H](N4CCNCC4)C[C@]3(C)C1CC2. The standard InChI is InChI=1S/C23H40N2O/c1-22-8-3-4-18(22)17-6-5-16-14-21(26)20(25-12-10-24-11-13-25)15-23(16,2)19(17)7-9-22/h16-21,24,26H,3-15H2,1-2H3/t16-,17?,18?,19?,20-,21-,22-,23-/m0/s1. The molecule has 5 aliphatic rings. The van der Waals surface area contributed by atoms with Crippen molar-refractivity contribution in [1.82, 2.24) is 10.2 Å². The molecular weight excluding hydrogens is 320 g/mol. The summed E-state index contributed by atoms with van der Waals surface area (Å²) in [4.78, 5) is 2.62. The molecule has 0 aromatic heterocycles. The number of piperazine rings is 1. The Hall–Kier alpha value is -0.120. The van der Waals surface area contributed by atoms with Crippen molar-refractivity contribution in [3.05, 3.63) is 0 Å². The van der Waals surface area contributed by atoms with Crippen LogP contribution in [0.25, 0.3) is 0 Å². The van der Waals surface area contributed by atoms with Crippen molar-refractivity contribution in [2.24, 2.45) is 34.5 Å². The lowest BCUT2D eigenvalue weighted by molar-refractivity contribution is -0.145. The molecule has 5 rings (SSSR count). The van der Waals surface area contributed by atoms with E-state index in [1.54, 1.807) is 0 Å². The molecule has 0 bridgehead atoms. The zero-order valence-corrected chi connectivity index (χ0v) is 17.1. The highest BCUT2D eigenvalue weighted by Crippen LogP contribution is 2.66. The number of aliphatic hydroxyl groups excluding tert-OH is 1. The molecule has 0 spiro atoms. The van der Waals surface area contributed by atoms with E-state index in [2.05, 4.69) is 24.1 Å². The maximum absolute atomic E-state index is 11.0. The third kappa shape index (κ3) is 2.63. The maximum atomic E-state index is 11.0. The Morgan fingerprint density at radius 1 is 0.962 bits per heavy atom. The molecule has 0 aromatic carbocycles. The van der Waals surface area contributed by atoms with Gasteiger partial charge in [0.1, 0.15) is 0 Å². The first-order valence-corrected chi connectivity index (χ1v) is 11.6. The van der Waals surface area contributed by atoms with Crippen molar-refractivity contribution >= 4 is 0 Å². The van der Waals surface area contributed by atoms with Crippen LogP contribution in [-0.4, -0.2) is 48.3 Å². The lowest BCUT2D eigenvalue weighted by atomic mass is 9.44. The third-order valence-electron chi connectivity index (χ3n) is 10.1. The molecule has 4 saturated carbocycles. The normalized spacial score (nSPS) is 55.0. The maximum Gasteiger partial charge on any atom is 0.0698 e. The number of nitrogens with one attached hydrogen (secondary N) is 1. The van der Waals surface area contributed by atoms with Gasteiger partial charge in [-0.15, -0.1) is 0 Å². The summed E-state index contributed by atoms with van der Waals surface area (Å²) in [5.41, 5.74) is 1.14. The van der Waals surface area contributed by atoms with E-state index < -0.39 is 0 Å². The van der Waals surface area contributed by atoms with Gasteiger partial charge < -0.3 is 10.4 Å². The van der Waals surface area contributed by atoms with Gasteiger partial charge in [0.05, 0.1) is 6.10 Å². The summed E-state index contributed by atoms with van der Waals surface area (Å²) in [7, 11) is 0. The Labute approximate surface area is 160 Å². The monoisotopic (exact) mass is 360 g/mol. The van der Waals surface area contributed by atoms with E-state index >= 15 is 0 Å². The zero-order valence-electron chi connectivity index (χ0n) is 17.1. The molecule has 0 aromatic rings. The average molecular weight is 361 g/mol. The van der Waals surface area contributed by atoms with E-state index in [0.717, 1.165) is 56.3 Å². The Morgan fingerprint density at radius 2 is 1.77 bits per heavy atom. The second-order valence-electron chi connectivity index (χ2n) is 11.1. The Balaban J connectivity index is 1.40. The average Bonchev–Trinajstić information content (AvgIpc) is 3.04. The van der Waals surface area contributed by atoms with Crippen molar-refractivity contribution in [3.8, 4) is 0 Å². The van der Waals surface area contributed by atoms with Gasteiger partial charge in [0.15, 0.2) is 0 Å². The predicted octanol–water partition coefficient (Wildman–Crippen LogP) is 3.66. The molecule has 2 N–H and O–H groups in total. The Kier molecular flexibility index (Phi) is 4.46. The van der Waals surface area contributed by atoms with Crippen molar-refractivity contribution < 1.29 is 5.11 Å². The summed E-state index contributed by atoms with van der Waals surface area (Å²) in [5.74, 6) is 3.68. The second kappa shape index (κ2) is 6.46. The number of nitrogens with zero attached hydrogens (tertiary/aromatic N) is 1. The van der Waals surface area contributed by atoms with Gasteiger partial charge >= 0.3 is 0 Å². The number of fused-ring (bicyclic) bond motifs is 5. The van der Waals surface area contributed by atoms with Crippen LogP contribution in [0.1, 0.15) is 71.6 Å². The minimum atomic E-state index is -0.0944. The van der Waals surface area contributed by atoms with E-state index in [-0.39, 0.29) is 6.10 Å². The van der Waals surface area contributed by atoms with E-state index in [4.69, 9.17) is 0 Å². The van der Waals surface area contributed by atoms with Gasteiger partial charge in [-0.05, 0) is 85.9 Å². The first kappa shape index (κ1) is 17.9. The third-order valence-corrected chi connectivity index (χ3v) is 10.1. The quantitative estimate of drug-likeness (QED) is 0.749. The fourth-order valence-electron chi connectivity index (χ4n) is 8.65. The van der Waals surface area contributed by atoms with E-state index in [9.17, 15) is 5.11 Å². The number of rotatable bonds is 1. The molecule has 3 heteroatoms. The van der Waals surface area contributed by atoms with Gasteiger partial charge in [0, 0.05) is 32.2 Å². The highest BCUT2D eigenvalue weighted by Gasteiger charge is 2.59. The molecule has 3 unspecified atom stereocenters. The number of hydrogen-bond donors (Lipinski definition) is 2. The summed E-state index contributed by atoms with van der Waals surface area (Å²) >= 11 is 0. The largest absolute Gasteiger partial charge is 0.391 e. The van der Waals surface area contributed by atoms with Crippen LogP contribution in [0.4, 0.5) is 0 Å². The van der Waals surface area contributed by atoms with Crippen LogP contribution in [0, 0.1) is 34.5 Å². The molecule has 148 valence electrons. The fourth-order valence-corrected chi connectivity index (χ4v) is 8.65. The highest BCUT2D eigenvalue weighted by molar-refractivity contribution is 5.09. The van der Waals surface area contributed by atoms with Crippen molar-refractivity contribution in [2.45, 2.75) is 83.8 Å². The minimum Gasteiger partial charge on any atom is -0.391 e. The van der Waals surface area contributed by atoms with Crippen LogP contribution >= 0.6 is 0 Å². The summed E-state index contributed by atoms with van der Waals surface area (Å²) in [6, 6.07) is 0.411. The van der Waals surface area contributed by atoms with Gasteiger partial charge in [0.2, 0.25) is 0 Å². The minimum absolute atomic E-state index is 0.0944. The Morgan fingerprint density at radius 3 is 2.58 bits per heavy atom. The first-order chi connectivity index (χ1) is 12.5. The topological polar surface area (TPSA) is 35.5 Å².